The van der Waals surface area contributed by atoms with Crippen LogP contribution in [0.3, 0.4) is 0 Å². The molecule has 0 radical (unpaired) electrons. The second-order valence-corrected chi connectivity index (χ2v) is 5.78. The van der Waals surface area contributed by atoms with Gasteiger partial charge in [0.25, 0.3) is 0 Å². The summed E-state index contributed by atoms with van der Waals surface area (Å²) in [6, 6.07) is 11.2. The van der Waals surface area contributed by atoms with E-state index in [0.29, 0.717) is 17.3 Å². The van der Waals surface area contributed by atoms with Crippen LogP contribution in [0.25, 0.3) is 0 Å². The fourth-order valence-corrected chi connectivity index (χ4v) is 2.29. The molecular formula is C20H26ClN3O3. The van der Waals surface area contributed by atoms with E-state index in [0.717, 1.165) is 22.5 Å². The predicted octanol–water partition coefficient (Wildman–Crippen LogP) is 4.87. The average molecular weight is 392 g/mol. The number of methoxy groups -OCH3 is 1. The van der Waals surface area contributed by atoms with Crippen LogP contribution < -0.4 is 5.32 Å². The molecule has 6 nitrogen and oxygen atoms in total. The number of nitrogens with zero attached hydrogens (tertiary/aromatic N) is 2. The smallest absolute Gasteiger partial charge is 0.407 e. The van der Waals surface area contributed by atoms with Crippen LogP contribution >= 0.6 is 11.6 Å². The highest BCUT2D eigenvalue weighted by Crippen LogP contribution is 2.18. The molecule has 0 unspecified atom stereocenters. The highest BCUT2D eigenvalue weighted by atomic mass is 35.5. The highest BCUT2D eigenvalue weighted by Gasteiger charge is 2.07. The number of aromatic nitrogens is 1. The van der Waals surface area contributed by atoms with E-state index in [9.17, 15) is 4.79 Å². The lowest BCUT2D eigenvalue weighted by Gasteiger charge is -2.09. The number of benzene rings is 1. The van der Waals surface area contributed by atoms with Gasteiger partial charge in [0.15, 0.2) is 6.61 Å². The number of carbonyl (C=O) groups excluding carboxylic acids is 1. The van der Waals surface area contributed by atoms with E-state index < -0.39 is 6.09 Å². The molecule has 1 heterocycles. The largest absolute Gasteiger partial charge is 0.453 e. The number of amides is 1. The van der Waals surface area contributed by atoms with Crippen LogP contribution in [0.5, 0.6) is 0 Å². The second kappa shape index (κ2) is 11.9. The molecule has 0 saturated carbocycles. The van der Waals surface area contributed by atoms with Gasteiger partial charge in [-0.05, 0) is 49.2 Å². The predicted molar refractivity (Wildman–Crippen MR) is 108 cm³/mol. The van der Waals surface area contributed by atoms with Gasteiger partial charge >= 0.3 is 6.09 Å². The van der Waals surface area contributed by atoms with Gasteiger partial charge in [0.2, 0.25) is 0 Å². The van der Waals surface area contributed by atoms with Crippen LogP contribution in [0.2, 0.25) is 5.02 Å². The van der Waals surface area contributed by atoms with Crippen molar-refractivity contribution in [2.24, 2.45) is 5.16 Å². The number of carbonyl (C=O) groups is 1. The first-order chi connectivity index (χ1) is 13.0. The summed E-state index contributed by atoms with van der Waals surface area (Å²) in [5.74, 6) is 0. The van der Waals surface area contributed by atoms with Gasteiger partial charge in [-0.15, -0.1) is 0 Å². The lowest BCUT2D eigenvalue weighted by atomic mass is 10.1. The molecule has 0 bridgehead atoms. The van der Waals surface area contributed by atoms with Crippen LogP contribution in [-0.4, -0.2) is 23.9 Å². The molecule has 0 saturated heterocycles. The van der Waals surface area contributed by atoms with Crippen LogP contribution in [0.4, 0.5) is 4.79 Å². The monoisotopic (exact) mass is 391 g/mol. The first-order valence-electron chi connectivity index (χ1n) is 8.69. The molecule has 0 aliphatic heterocycles. The number of aryl methyl sites for hydroxylation is 1. The molecular weight excluding hydrogens is 366 g/mol. The number of nitrogens with one attached hydrogen (secondary N) is 1. The Labute approximate surface area is 165 Å². The van der Waals surface area contributed by atoms with Crippen molar-refractivity contribution in [2.45, 2.75) is 40.8 Å². The van der Waals surface area contributed by atoms with E-state index >= 15 is 0 Å². The minimum absolute atomic E-state index is 0.265. The van der Waals surface area contributed by atoms with E-state index in [2.05, 4.69) is 20.2 Å². The zero-order valence-corrected chi connectivity index (χ0v) is 17.1. The van der Waals surface area contributed by atoms with Gasteiger partial charge in [0, 0.05) is 17.3 Å². The van der Waals surface area contributed by atoms with E-state index in [-0.39, 0.29) is 6.54 Å². The molecule has 1 aromatic heterocycles. The molecule has 2 rings (SSSR count). The van der Waals surface area contributed by atoms with Crippen molar-refractivity contribution < 1.29 is 14.4 Å². The maximum Gasteiger partial charge on any atom is 0.407 e. The molecule has 2 aromatic rings. The van der Waals surface area contributed by atoms with Crippen molar-refractivity contribution in [1.29, 1.82) is 0 Å². The van der Waals surface area contributed by atoms with Crippen LogP contribution in [-0.2, 0) is 22.7 Å². The van der Waals surface area contributed by atoms with Crippen molar-refractivity contribution in [2.75, 3.05) is 7.11 Å². The van der Waals surface area contributed by atoms with Crippen LogP contribution in [0.15, 0.2) is 41.6 Å². The summed E-state index contributed by atoms with van der Waals surface area (Å²) in [6.07, 6.45) is -0.513. The molecule has 1 aromatic carbocycles. The molecule has 7 heteroatoms. The van der Waals surface area contributed by atoms with Crippen molar-refractivity contribution in [3.63, 3.8) is 0 Å². The second-order valence-electron chi connectivity index (χ2n) is 5.37. The Bertz CT molecular complexity index is 779. The average Bonchev–Trinajstić information content (AvgIpc) is 2.68. The van der Waals surface area contributed by atoms with E-state index in [4.69, 9.17) is 16.4 Å². The Morgan fingerprint density at radius 1 is 1.26 bits per heavy atom. The summed E-state index contributed by atoms with van der Waals surface area (Å²) in [4.78, 5) is 20.9. The topological polar surface area (TPSA) is 72.8 Å². The molecule has 0 aliphatic carbocycles. The van der Waals surface area contributed by atoms with Crippen molar-refractivity contribution in [1.82, 2.24) is 10.3 Å². The van der Waals surface area contributed by atoms with Gasteiger partial charge in [-0.25, -0.2) is 4.79 Å². The lowest BCUT2D eigenvalue weighted by molar-refractivity contribution is 0.127. The molecule has 0 fully saturated rings. The molecule has 146 valence electrons. The number of pyridine rings is 1. The normalized spacial score (nSPS) is 10.5. The standard InChI is InChI=1S/C18H20ClN3O3.C2H6/c1-12-5-4-6-16(21-12)11-25-22-13(2)14-7-8-17(19)15(9-14)10-20-18(23)24-3;1-2/h4-9H,10-11H2,1-3H3,(H,20,23);1-2H3. The van der Waals surface area contributed by atoms with Gasteiger partial charge in [0.1, 0.15) is 0 Å². The lowest BCUT2D eigenvalue weighted by Crippen LogP contribution is -2.22. The number of hydrogen-bond donors (Lipinski definition) is 1. The summed E-state index contributed by atoms with van der Waals surface area (Å²) in [7, 11) is 1.31. The highest BCUT2D eigenvalue weighted by molar-refractivity contribution is 6.31. The Hall–Kier alpha value is -2.60. The SMILES string of the molecule is CC.COC(=O)NCc1cc(C(C)=NOCc2cccc(C)n2)ccc1Cl. The first kappa shape index (κ1) is 22.4. The Morgan fingerprint density at radius 2 is 2.00 bits per heavy atom. The van der Waals surface area contributed by atoms with E-state index in [1.165, 1.54) is 7.11 Å². The fourth-order valence-electron chi connectivity index (χ4n) is 2.10. The summed E-state index contributed by atoms with van der Waals surface area (Å²) >= 11 is 6.16. The maximum absolute atomic E-state index is 11.2. The summed E-state index contributed by atoms with van der Waals surface area (Å²) in [6.45, 7) is 8.32. The molecule has 0 atom stereocenters. The molecule has 1 N–H and O–H groups in total. The minimum Gasteiger partial charge on any atom is -0.453 e. The van der Waals surface area contributed by atoms with Crippen LogP contribution in [0, 0.1) is 6.92 Å². The van der Waals surface area contributed by atoms with Crippen molar-refractivity contribution in [3.05, 3.63) is 63.9 Å². The van der Waals surface area contributed by atoms with Crippen molar-refractivity contribution >= 4 is 23.4 Å². The van der Waals surface area contributed by atoms with E-state index in [1.807, 2.05) is 58.0 Å². The Balaban J connectivity index is 0.00000176. The number of halogens is 1. The third-order valence-electron chi connectivity index (χ3n) is 3.43. The number of alkyl carbamates (subject to hydrolysis) is 1. The minimum atomic E-state index is -0.513. The number of ether oxygens (including phenoxy) is 1. The molecule has 27 heavy (non-hydrogen) atoms. The zero-order valence-electron chi connectivity index (χ0n) is 16.4. The fraction of sp³-hybridized carbons (Fsp3) is 0.350. The number of oxime groups is 1. The first-order valence-corrected chi connectivity index (χ1v) is 9.07. The van der Waals surface area contributed by atoms with E-state index in [1.54, 1.807) is 6.07 Å². The maximum atomic E-state index is 11.2. The third kappa shape index (κ3) is 7.66. The molecule has 1 amide bonds. The number of hydrogen-bond acceptors (Lipinski definition) is 5. The van der Waals surface area contributed by atoms with Gasteiger partial charge in [-0.3, -0.25) is 4.98 Å². The Morgan fingerprint density at radius 3 is 2.67 bits per heavy atom. The van der Waals surface area contributed by atoms with Crippen LogP contribution in [0.1, 0.15) is 43.3 Å². The summed E-state index contributed by atoms with van der Waals surface area (Å²) < 4.78 is 4.55. The summed E-state index contributed by atoms with van der Waals surface area (Å²) in [5.41, 5.74) is 4.06. The summed E-state index contributed by atoms with van der Waals surface area (Å²) in [5, 5.41) is 7.28. The molecule has 0 spiro atoms. The van der Waals surface area contributed by atoms with Gasteiger partial charge in [0.05, 0.1) is 18.5 Å². The quantitative estimate of drug-likeness (QED) is 0.563. The zero-order chi connectivity index (χ0) is 20.2. The third-order valence-corrected chi connectivity index (χ3v) is 3.80. The van der Waals surface area contributed by atoms with Gasteiger partial charge in [-0.1, -0.05) is 42.7 Å². The van der Waals surface area contributed by atoms with Gasteiger partial charge < -0.3 is 14.9 Å². The number of rotatable bonds is 6. The van der Waals surface area contributed by atoms with Gasteiger partial charge in [-0.2, -0.15) is 0 Å². The Kier molecular flexibility index (Phi) is 9.90. The molecule has 0 aliphatic rings. The van der Waals surface area contributed by atoms with Crippen molar-refractivity contribution in [3.8, 4) is 0 Å².